The van der Waals surface area contributed by atoms with Gasteiger partial charge in [-0.05, 0) is 43.4 Å². The van der Waals surface area contributed by atoms with Gasteiger partial charge in [-0.25, -0.2) is 9.89 Å². The molecule has 1 heterocycles. The standard InChI is InChI=1S/C22H21N3O4/c1-13(20(26)23-18-12-6-8-14-7-2-3-9-15(14)18)29-22(28)19-16-10-4-5-11-17(16)21(27)25-24-19/h2-5,7,9-11,13,18H,6,8,12H2,1H3,(H,23,26)(H,25,27)/t13-,18-/m0/s1. The Morgan fingerprint density at radius 2 is 1.86 bits per heavy atom. The zero-order chi connectivity index (χ0) is 20.4. The van der Waals surface area contributed by atoms with E-state index in [1.165, 1.54) is 12.5 Å². The molecule has 0 spiro atoms. The summed E-state index contributed by atoms with van der Waals surface area (Å²) >= 11 is 0. The van der Waals surface area contributed by atoms with Crippen molar-refractivity contribution in [2.45, 2.75) is 38.3 Å². The van der Waals surface area contributed by atoms with Crippen LogP contribution in [-0.4, -0.2) is 28.2 Å². The van der Waals surface area contributed by atoms with Crippen LogP contribution in [-0.2, 0) is 16.0 Å². The van der Waals surface area contributed by atoms with Crippen molar-refractivity contribution in [2.24, 2.45) is 0 Å². The van der Waals surface area contributed by atoms with E-state index in [1.807, 2.05) is 18.2 Å². The number of aromatic amines is 1. The second-order valence-electron chi connectivity index (χ2n) is 7.15. The van der Waals surface area contributed by atoms with Crippen LogP contribution in [0.4, 0.5) is 0 Å². The fourth-order valence-corrected chi connectivity index (χ4v) is 3.73. The molecule has 0 saturated heterocycles. The van der Waals surface area contributed by atoms with Gasteiger partial charge in [-0.3, -0.25) is 9.59 Å². The summed E-state index contributed by atoms with van der Waals surface area (Å²) in [7, 11) is 0. The maximum absolute atomic E-state index is 12.6. The first-order valence-electron chi connectivity index (χ1n) is 9.61. The minimum absolute atomic E-state index is 0.0251. The lowest BCUT2D eigenvalue weighted by Gasteiger charge is -2.27. The van der Waals surface area contributed by atoms with Crippen molar-refractivity contribution in [3.05, 3.63) is 75.7 Å². The van der Waals surface area contributed by atoms with E-state index in [1.54, 1.807) is 24.3 Å². The van der Waals surface area contributed by atoms with Crippen molar-refractivity contribution in [1.29, 1.82) is 0 Å². The van der Waals surface area contributed by atoms with Gasteiger partial charge in [-0.2, -0.15) is 5.10 Å². The number of aryl methyl sites for hydroxylation is 1. The predicted molar refractivity (Wildman–Crippen MR) is 108 cm³/mol. The summed E-state index contributed by atoms with van der Waals surface area (Å²) in [6, 6.07) is 14.6. The number of rotatable bonds is 4. The van der Waals surface area contributed by atoms with E-state index < -0.39 is 12.1 Å². The summed E-state index contributed by atoms with van der Waals surface area (Å²) in [5.74, 6) is -1.13. The molecular weight excluding hydrogens is 370 g/mol. The Balaban J connectivity index is 1.48. The first-order valence-corrected chi connectivity index (χ1v) is 9.61. The van der Waals surface area contributed by atoms with Crippen LogP contribution in [0.3, 0.4) is 0 Å². The lowest BCUT2D eigenvalue weighted by Crippen LogP contribution is -2.39. The smallest absolute Gasteiger partial charge is 0.360 e. The normalized spacial score (nSPS) is 16.7. The third kappa shape index (κ3) is 3.76. The Hall–Kier alpha value is -3.48. The Morgan fingerprint density at radius 1 is 1.14 bits per heavy atom. The number of ether oxygens (including phenoxy) is 1. The molecule has 2 N–H and O–H groups in total. The lowest BCUT2D eigenvalue weighted by molar-refractivity contribution is -0.130. The maximum atomic E-state index is 12.6. The number of benzene rings is 2. The Labute approximate surface area is 167 Å². The molecule has 1 aliphatic carbocycles. The molecule has 7 heteroatoms. The minimum atomic E-state index is -0.996. The Bertz CT molecular complexity index is 1140. The molecule has 4 rings (SSSR count). The number of nitrogens with one attached hydrogen (secondary N) is 2. The van der Waals surface area contributed by atoms with Crippen molar-refractivity contribution in [3.63, 3.8) is 0 Å². The minimum Gasteiger partial charge on any atom is -0.448 e. The Kier molecular flexibility index (Phi) is 5.12. The molecule has 0 fully saturated rings. The number of hydrogen-bond donors (Lipinski definition) is 2. The summed E-state index contributed by atoms with van der Waals surface area (Å²) in [5.41, 5.74) is 1.93. The van der Waals surface area contributed by atoms with E-state index in [-0.39, 0.29) is 23.2 Å². The molecule has 0 aliphatic heterocycles. The van der Waals surface area contributed by atoms with Crippen LogP contribution in [0, 0.1) is 0 Å². The van der Waals surface area contributed by atoms with Gasteiger partial charge in [0.15, 0.2) is 11.8 Å². The highest BCUT2D eigenvalue weighted by atomic mass is 16.5. The average molecular weight is 391 g/mol. The monoisotopic (exact) mass is 391 g/mol. The van der Waals surface area contributed by atoms with Gasteiger partial charge >= 0.3 is 5.97 Å². The van der Waals surface area contributed by atoms with E-state index in [0.717, 1.165) is 24.8 Å². The fourth-order valence-electron chi connectivity index (χ4n) is 3.73. The number of carbonyl (C=O) groups excluding carboxylic acids is 2. The van der Waals surface area contributed by atoms with Gasteiger partial charge in [-0.15, -0.1) is 0 Å². The zero-order valence-corrected chi connectivity index (χ0v) is 16.0. The molecule has 148 valence electrons. The van der Waals surface area contributed by atoms with Crippen LogP contribution >= 0.6 is 0 Å². The third-order valence-electron chi connectivity index (χ3n) is 5.23. The van der Waals surface area contributed by atoms with Crippen molar-refractivity contribution in [2.75, 3.05) is 0 Å². The molecule has 0 saturated carbocycles. The van der Waals surface area contributed by atoms with Crippen LogP contribution < -0.4 is 10.9 Å². The van der Waals surface area contributed by atoms with Gasteiger partial charge in [0.2, 0.25) is 0 Å². The zero-order valence-electron chi connectivity index (χ0n) is 16.0. The van der Waals surface area contributed by atoms with E-state index in [4.69, 9.17) is 4.74 Å². The van der Waals surface area contributed by atoms with Gasteiger partial charge in [0.1, 0.15) is 0 Å². The molecular formula is C22H21N3O4. The molecule has 0 radical (unpaired) electrons. The second-order valence-corrected chi connectivity index (χ2v) is 7.15. The quantitative estimate of drug-likeness (QED) is 0.666. The fraction of sp³-hybridized carbons (Fsp3) is 0.273. The molecule has 3 aromatic rings. The van der Waals surface area contributed by atoms with Crippen LogP contribution in [0.2, 0.25) is 0 Å². The number of hydrogen-bond acceptors (Lipinski definition) is 5. The van der Waals surface area contributed by atoms with Crippen LogP contribution in [0.1, 0.15) is 47.4 Å². The summed E-state index contributed by atoms with van der Waals surface area (Å²) in [6.45, 7) is 1.52. The van der Waals surface area contributed by atoms with Gasteiger partial charge < -0.3 is 10.1 Å². The van der Waals surface area contributed by atoms with Gasteiger partial charge in [-0.1, -0.05) is 42.5 Å². The average Bonchev–Trinajstić information content (AvgIpc) is 2.74. The first-order chi connectivity index (χ1) is 14.0. The van der Waals surface area contributed by atoms with Gasteiger partial charge in [0.05, 0.1) is 11.4 Å². The number of H-pyrrole nitrogens is 1. The molecule has 0 bridgehead atoms. The predicted octanol–water partition coefficient (Wildman–Crippen LogP) is 2.66. The van der Waals surface area contributed by atoms with E-state index in [2.05, 4.69) is 21.6 Å². The molecule has 2 aromatic carbocycles. The summed E-state index contributed by atoms with van der Waals surface area (Å²) in [6.07, 6.45) is 1.83. The lowest BCUT2D eigenvalue weighted by atomic mass is 9.87. The maximum Gasteiger partial charge on any atom is 0.360 e. The first kappa shape index (κ1) is 18.9. The highest BCUT2D eigenvalue weighted by Crippen LogP contribution is 2.29. The van der Waals surface area contributed by atoms with E-state index in [0.29, 0.717) is 10.8 Å². The third-order valence-corrected chi connectivity index (χ3v) is 5.23. The summed E-state index contributed by atoms with van der Waals surface area (Å²) < 4.78 is 5.34. The number of amides is 1. The molecule has 7 nitrogen and oxygen atoms in total. The van der Waals surface area contributed by atoms with Crippen LogP contribution in [0.25, 0.3) is 10.8 Å². The number of esters is 1. The van der Waals surface area contributed by atoms with Crippen molar-refractivity contribution < 1.29 is 14.3 Å². The SMILES string of the molecule is C[C@H](OC(=O)c1n[nH]c(=O)c2ccccc12)C(=O)N[C@H]1CCCc2ccccc21. The second kappa shape index (κ2) is 7.87. The molecule has 1 amide bonds. The molecule has 29 heavy (non-hydrogen) atoms. The number of carbonyl (C=O) groups is 2. The van der Waals surface area contributed by atoms with Crippen molar-refractivity contribution in [3.8, 4) is 0 Å². The summed E-state index contributed by atoms with van der Waals surface area (Å²) in [4.78, 5) is 37.1. The van der Waals surface area contributed by atoms with Crippen molar-refractivity contribution in [1.82, 2.24) is 15.5 Å². The van der Waals surface area contributed by atoms with Gasteiger partial charge in [0, 0.05) is 5.39 Å². The van der Waals surface area contributed by atoms with E-state index in [9.17, 15) is 14.4 Å². The number of fused-ring (bicyclic) bond motifs is 2. The number of nitrogens with zero attached hydrogens (tertiary/aromatic N) is 1. The molecule has 1 aromatic heterocycles. The largest absolute Gasteiger partial charge is 0.448 e. The van der Waals surface area contributed by atoms with Gasteiger partial charge in [0.25, 0.3) is 11.5 Å². The molecule has 2 atom stereocenters. The molecule has 0 unspecified atom stereocenters. The van der Waals surface area contributed by atoms with Crippen LogP contribution in [0.15, 0.2) is 53.3 Å². The van der Waals surface area contributed by atoms with Crippen molar-refractivity contribution >= 4 is 22.6 Å². The highest BCUT2D eigenvalue weighted by molar-refractivity contribution is 6.02. The van der Waals surface area contributed by atoms with Crippen LogP contribution in [0.5, 0.6) is 0 Å². The summed E-state index contributed by atoms with van der Waals surface area (Å²) in [5, 5.41) is 9.82. The number of aromatic nitrogens is 2. The topological polar surface area (TPSA) is 101 Å². The van der Waals surface area contributed by atoms with E-state index >= 15 is 0 Å². The highest BCUT2D eigenvalue weighted by Gasteiger charge is 2.26. The Morgan fingerprint density at radius 3 is 2.69 bits per heavy atom. The molecule has 1 aliphatic rings.